The molecule has 0 unspecified atom stereocenters. The maximum atomic E-state index is 7.91. The fourth-order valence-corrected chi connectivity index (χ4v) is 6.52. The Hall–Kier alpha value is -4.78. The lowest BCUT2D eigenvalue weighted by molar-refractivity contribution is -0.318. The van der Waals surface area contributed by atoms with Crippen molar-refractivity contribution in [2.24, 2.45) is 0 Å². The van der Waals surface area contributed by atoms with Crippen LogP contribution in [0.2, 0.25) is 0 Å². The van der Waals surface area contributed by atoms with E-state index in [0.29, 0.717) is 0 Å². The molecule has 0 N–H and O–H groups in total. The molecule has 6 rings (SSSR count). The van der Waals surface area contributed by atoms with Gasteiger partial charge in [-0.15, -0.1) is 0 Å². The van der Waals surface area contributed by atoms with Crippen molar-refractivity contribution in [2.75, 3.05) is 0 Å². The van der Waals surface area contributed by atoms with E-state index in [9.17, 15) is 0 Å². The van der Waals surface area contributed by atoms with Gasteiger partial charge in [0.05, 0.1) is 34.2 Å². The molecule has 0 aliphatic heterocycles. The zero-order chi connectivity index (χ0) is 32.6. The zero-order valence-electron chi connectivity index (χ0n) is 28.2. The maximum Gasteiger partial charge on any atom is 0.373 e. The van der Waals surface area contributed by atoms with Gasteiger partial charge in [-0.2, -0.15) is 58.7 Å². The summed E-state index contributed by atoms with van der Waals surface area (Å²) in [4.78, 5) is 0. The van der Waals surface area contributed by atoms with Crippen molar-refractivity contribution in [3.05, 3.63) is 105 Å². The number of hydrogen-bond donors (Lipinski definition) is 0. The van der Waals surface area contributed by atoms with Crippen LogP contribution in [0.3, 0.4) is 0 Å². The molecule has 0 aliphatic carbocycles. The molecule has 0 fully saturated rings. The Morgan fingerprint density at radius 2 is 0.489 bits per heavy atom. The van der Waals surface area contributed by atoms with E-state index in [0.717, 1.165) is 68.3 Å². The third-order valence-corrected chi connectivity index (χ3v) is 7.99. The van der Waals surface area contributed by atoms with E-state index in [1.54, 1.807) is 0 Å². The van der Waals surface area contributed by atoms with Crippen molar-refractivity contribution in [1.82, 2.24) is 58.7 Å². The van der Waals surface area contributed by atoms with Crippen molar-refractivity contribution < 1.29 is 4.74 Å². The molecule has 0 radical (unpaired) electrons. The van der Waals surface area contributed by atoms with Gasteiger partial charge in [0, 0.05) is 34.2 Å². The Morgan fingerprint density at radius 3 is 0.600 bits per heavy atom. The van der Waals surface area contributed by atoms with Crippen molar-refractivity contribution >= 4 is 0 Å². The molecule has 236 valence electrons. The van der Waals surface area contributed by atoms with Crippen LogP contribution in [0.25, 0.3) is 0 Å². The van der Waals surface area contributed by atoms with Crippen LogP contribution in [-0.2, 0) is 16.7 Å². The van der Waals surface area contributed by atoms with Crippen LogP contribution in [-0.4, -0.2) is 58.7 Å². The van der Waals surface area contributed by atoms with Crippen molar-refractivity contribution in [1.29, 1.82) is 0 Å². The number of aryl methyl sites for hydroxylation is 12. The maximum absolute atomic E-state index is 7.91. The van der Waals surface area contributed by atoms with E-state index in [4.69, 9.17) is 35.3 Å². The van der Waals surface area contributed by atoms with Crippen LogP contribution in [0.15, 0.2) is 36.4 Å². The molecular formula is C32H42N12O. The topological polar surface area (TPSA) is 116 Å². The highest BCUT2D eigenvalue weighted by atomic mass is 16.6. The second-order valence-electron chi connectivity index (χ2n) is 12.3. The molecule has 0 saturated carbocycles. The van der Waals surface area contributed by atoms with Crippen molar-refractivity contribution in [3.8, 4) is 0 Å². The first-order valence-corrected chi connectivity index (χ1v) is 15.1. The summed E-state index contributed by atoms with van der Waals surface area (Å²) < 4.78 is 19.0. The Balaban J connectivity index is 1.88. The lowest BCUT2D eigenvalue weighted by atomic mass is 10.3. The van der Waals surface area contributed by atoms with Gasteiger partial charge in [0.2, 0.25) is 0 Å². The lowest BCUT2D eigenvalue weighted by Gasteiger charge is -2.45. The van der Waals surface area contributed by atoms with Crippen molar-refractivity contribution in [3.63, 3.8) is 0 Å². The van der Waals surface area contributed by atoms with E-state index in [1.807, 2.05) is 148 Å². The van der Waals surface area contributed by atoms with Gasteiger partial charge in [-0.05, 0) is 119 Å². The quantitative estimate of drug-likeness (QED) is 0.247. The average molecular weight is 611 g/mol. The number of ether oxygens (including phenoxy) is 1. The van der Waals surface area contributed by atoms with Gasteiger partial charge in [0.1, 0.15) is 0 Å². The smallest absolute Gasteiger partial charge is 0.247 e. The highest BCUT2D eigenvalue weighted by Crippen LogP contribution is 2.39. The predicted molar refractivity (Wildman–Crippen MR) is 169 cm³/mol. The van der Waals surface area contributed by atoms with Crippen molar-refractivity contribution in [2.45, 2.75) is 95.0 Å². The van der Waals surface area contributed by atoms with E-state index in [1.165, 1.54) is 0 Å². The van der Waals surface area contributed by atoms with Gasteiger partial charge in [-0.3, -0.25) is 0 Å². The highest BCUT2D eigenvalue weighted by molar-refractivity contribution is 5.20. The summed E-state index contributed by atoms with van der Waals surface area (Å²) in [6.07, 6.45) is 0. The summed E-state index contributed by atoms with van der Waals surface area (Å²) in [7, 11) is 0. The van der Waals surface area contributed by atoms with Gasteiger partial charge in [0.15, 0.2) is 0 Å². The van der Waals surface area contributed by atoms with E-state index < -0.39 is 11.9 Å². The number of aromatic nitrogens is 12. The molecule has 0 bridgehead atoms. The van der Waals surface area contributed by atoms with Gasteiger partial charge >= 0.3 is 11.9 Å². The number of hydrogen-bond acceptors (Lipinski definition) is 7. The van der Waals surface area contributed by atoms with E-state index >= 15 is 0 Å². The summed E-state index contributed by atoms with van der Waals surface area (Å²) in [6, 6.07) is 12.1. The van der Waals surface area contributed by atoms with Gasteiger partial charge in [-0.1, -0.05) is 0 Å². The minimum absolute atomic E-state index is 0.817. The van der Waals surface area contributed by atoms with Crippen LogP contribution in [0.1, 0.15) is 68.3 Å². The largest absolute Gasteiger partial charge is 0.373 e. The first-order valence-electron chi connectivity index (χ1n) is 15.1. The molecule has 6 aromatic heterocycles. The third kappa shape index (κ3) is 4.55. The van der Waals surface area contributed by atoms with Crippen LogP contribution in [0.5, 0.6) is 0 Å². The summed E-state index contributed by atoms with van der Waals surface area (Å²) >= 11 is 0. The standard InChI is InChI=1S/C32H42N12O/c1-19-13-25(7)39(33-19)31(40-26(8)14-20(2)34-40,41-27(9)15-21(3)35-41)45-32(42-28(10)16-22(4)36-42,43-29(11)17-23(5)37-43)44-30(12)18-24(6)38-44/h13-18H,1-12H3. The summed E-state index contributed by atoms with van der Waals surface area (Å²) in [5, 5.41) is 30.4. The van der Waals surface area contributed by atoms with E-state index in [-0.39, 0.29) is 0 Å². The number of nitrogens with zero attached hydrogens (tertiary/aromatic N) is 12. The van der Waals surface area contributed by atoms with Crippen LogP contribution in [0.4, 0.5) is 0 Å². The molecule has 13 heteroatoms. The molecule has 0 aromatic carbocycles. The Kier molecular flexibility index (Phi) is 6.99. The minimum atomic E-state index is -1.65. The molecule has 6 aromatic rings. The molecule has 45 heavy (non-hydrogen) atoms. The molecule has 0 atom stereocenters. The Labute approximate surface area is 263 Å². The Morgan fingerprint density at radius 1 is 0.333 bits per heavy atom. The summed E-state index contributed by atoms with van der Waals surface area (Å²) in [6.45, 7) is 23.8. The molecule has 0 spiro atoms. The monoisotopic (exact) mass is 610 g/mol. The van der Waals surface area contributed by atoms with Crippen LogP contribution >= 0.6 is 0 Å². The molecule has 6 heterocycles. The predicted octanol–water partition coefficient (Wildman–Crippen LogP) is 4.61. The minimum Gasteiger partial charge on any atom is -0.247 e. The van der Waals surface area contributed by atoms with Gasteiger partial charge in [-0.25, -0.2) is 4.74 Å². The van der Waals surface area contributed by atoms with Gasteiger partial charge in [0.25, 0.3) is 0 Å². The second kappa shape index (κ2) is 10.4. The molecule has 0 amide bonds. The zero-order valence-corrected chi connectivity index (χ0v) is 28.2. The molecule has 0 aliphatic rings. The fraction of sp³-hybridized carbons (Fsp3) is 0.438. The SMILES string of the molecule is Cc1cc(C)n(C(OC(n2nc(C)cc2C)(n2nc(C)cc2C)n2nc(C)cc2C)(n2nc(C)cc2C)n2nc(C)cc2C)n1. The first-order chi connectivity index (χ1) is 21.2. The van der Waals surface area contributed by atoms with Gasteiger partial charge < -0.3 is 0 Å². The average Bonchev–Trinajstić information content (AvgIpc) is 3.77. The Bertz CT molecular complexity index is 1670. The summed E-state index contributed by atoms with van der Waals surface area (Å²) in [5.74, 6) is -3.31. The normalized spacial score (nSPS) is 12.5. The first kappa shape index (κ1) is 30.3. The molecular weight excluding hydrogens is 568 g/mol. The fourth-order valence-electron chi connectivity index (χ4n) is 6.52. The van der Waals surface area contributed by atoms with Crippen LogP contribution < -0.4 is 0 Å². The highest BCUT2D eigenvalue weighted by Gasteiger charge is 2.57. The van der Waals surface area contributed by atoms with Crippen LogP contribution in [0, 0.1) is 83.1 Å². The molecule has 0 saturated heterocycles. The summed E-state index contributed by atoms with van der Waals surface area (Å²) in [5.41, 5.74) is 9.97. The second-order valence-corrected chi connectivity index (χ2v) is 12.3. The molecule has 13 nitrogen and oxygen atoms in total. The third-order valence-electron chi connectivity index (χ3n) is 7.99. The van der Waals surface area contributed by atoms with E-state index in [2.05, 4.69) is 0 Å². The number of rotatable bonds is 8. The lowest BCUT2D eigenvalue weighted by Crippen LogP contribution is -2.64.